The number of benzene rings is 1. The van der Waals surface area contributed by atoms with Gasteiger partial charge in [0.05, 0.1) is 12.5 Å². The van der Waals surface area contributed by atoms with Crippen molar-refractivity contribution in [2.75, 3.05) is 31.6 Å². The topological polar surface area (TPSA) is 133 Å². The number of rotatable bonds is 6. The zero-order chi connectivity index (χ0) is 21.8. The number of nitrogens with one attached hydrogen (secondary N) is 1. The number of carboxylic acids is 2. The minimum atomic E-state index is -1.82. The molecule has 10 heteroatoms. The highest BCUT2D eigenvalue weighted by Crippen LogP contribution is 2.19. The van der Waals surface area contributed by atoms with Gasteiger partial charge in [-0.2, -0.15) is 0 Å². The van der Waals surface area contributed by atoms with Gasteiger partial charge in [-0.1, -0.05) is 0 Å². The van der Waals surface area contributed by atoms with Gasteiger partial charge < -0.3 is 25.2 Å². The third kappa shape index (κ3) is 9.65. The number of carboxylic acid groups (broad SMARTS) is 2. The van der Waals surface area contributed by atoms with Crippen LogP contribution >= 0.6 is 0 Å². The molecule has 2 rings (SSSR count). The van der Waals surface area contributed by atoms with Crippen LogP contribution in [0, 0.1) is 11.7 Å². The Labute approximate surface area is 167 Å². The normalized spacial score (nSPS) is 14.3. The Balaban J connectivity index is 0.000000612. The van der Waals surface area contributed by atoms with Crippen molar-refractivity contribution in [3.63, 3.8) is 0 Å². The Morgan fingerprint density at radius 1 is 1.10 bits per heavy atom. The first kappa shape index (κ1) is 24.0. The molecule has 1 aromatic carbocycles. The first-order valence-corrected chi connectivity index (χ1v) is 9.13. The van der Waals surface area contributed by atoms with E-state index in [9.17, 15) is 14.0 Å². The molecule has 29 heavy (non-hydrogen) atoms. The third-order valence-electron chi connectivity index (χ3n) is 4.17. The smallest absolute Gasteiger partial charge is 0.414 e. The number of amides is 1. The number of esters is 1. The molecule has 1 aliphatic heterocycles. The lowest BCUT2D eigenvalue weighted by Gasteiger charge is -2.30. The van der Waals surface area contributed by atoms with Gasteiger partial charge >= 0.3 is 17.9 Å². The molecule has 9 nitrogen and oxygen atoms in total. The predicted molar refractivity (Wildman–Crippen MR) is 101 cm³/mol. The fourth-order valence-electron chi connectivity index (χ4n) is 2.67. The van der Waals surface area contributed by atoms with Crippen LogP contribution < -0.4 is 5.32 Å². The van der Waals surface area contributed by atoms with Gasteiger partial charge in [0.15, 0.2) is 0 Å². The predicted octanol–water partition coefficient (Wildman–Crippen LogP) is 1.58. The molecule has 0 aliphatic carbocycles. The lowest BCUT2D eigenvalue weighted by molar-refractivity contribution is -0.159. The molecule has 0 atom stereocenters. The average Bonchev–Trinajstić information content (AvgIpc) is 2.69. The van der Waals surface area contributed by atoms with Gasteiger partial charge in [0.25, 0.3) is 0 Å². The van der Waals surface area contributed by atoms with E-state index in [0.717, 1.165) is 25.9 Å². The Kier molecular flexibility index (Phi) is 10.3. The maximum atomic E-state index is 12.8. The second kappa shape index (κ2) is 12.4. The van der Waals surface area contributed by atoms with Gasteiger partial charge in [-0.25, -0.2) is 14.0 Å². The number of aliphatic carboxylic acids is 2. The lowest BCUT2D eigenvalue weighted by Crippen LogP contribution is -2.38. The summed E-state index contributed by atoms with van der Waals surface area (Å²) in [6.07, 6.45) is 1.93. The van der Waals surface area contributed by atoms with Crippen LogP contribution in [-0.4, -0.2) is 65.2 Å². The molecule has 0 aromatic heterocycles. The number of anilines is 1. The summed E-state index contributed by atoms with van der Waals surface area (Å²) in [4.78, 5) is 43.9. The molecule has 3 N–H and O–H groups in total. The number of hydrogen-bond donors (Lipinski definition) is 3. The van der Waals surface area contributed by atoms with Crippen molar-refractivity contribution in [2.24, 2.45) is 5.92 Å². The zero-order valence-electron chi connectivity index (χ0n) is 16.1. The molecule has 0 radical (unpaired) electrons. The van der Waals surface area contributed by atoms with E-state index in [2.05, 4.69) is 10.2 Å². The lowest BCUT2D eigenvalue weighted by atomic mass is 9.97. The van der Waals surface area contributed by atoms with Crippen molar-refractivity contribution in [2.45, 2.75) is 26.2 Å². The van der Waals surface area contributed by atoms with E-state index in [1.54, 1.807) is 0 Å². The molecule has 1 aliphatic rings. The van der Waals surface area contributed by atoms with Crippen LogP contribution in [0.1, 0.15) is 26.2 Å². The summed E-state index contributed by atoms with van der Waals surface area (Å²) in [5.74, 6) is -4.19. The molecule has 1 fully saturated rings. The Bertz CT molecular complexity index is 689. The first-order chi connectivity index (χ1) is 13.7. The number of carbonyl (C=O) groups is 4. The van der Waals surface area contributed by atoms with Crippen LogP contribution in [0.4, 0.5) is 10.1 Å². The van der Waals surface area contributed by atoms with Crippen molar-refractivity contribution in [1.82, 2.24) is 4.90 Å². The molecule has 0 saturated carbocycles. The van der Waals surface area contributed by atoms with Gasteiger partial charge in [0.2, 0.25) is 5.91 Å². The summed E-state index contributed by atoms with van der Waals surface area (Å²) >= 11 is 0. The van der Waals surface area contributed by atoms with Crippen molar-refractivity contribution >= 4 is 29.5 Å². The molecular weight excluding hydrogens is 387 g/mol. The van der Waals surface area contributed by atoms with Crippen LogP contribution in [0.3, 0.4) is 0 Å². The summed E-state index contributed by atoms with van der Waals surface area (Å²) in [5.41, 5.74) is 0.595. The molecular formula is C19H25FN2O7. The molecule has 0 unspecified atom stereocenters. The van der Waals surface area contributed by atoms with Crippen LogP contribution in [-0.2, 0) is 23.9 Å². The van der Waals surface area contributed by atoms with Crippen LogP contribution in [0.5, 0.6) is 0 Å². The molecule has 1 aromatic rings. The number of ether oxygens (including phenoxy) is 1. The number of nitrogens with zero attached hydrogens (tertiary/aromatic N) is 1. The number of hydrogen-bond acceptors (Lipinski definition) is 6. The van der Waals surface area contributed by atoms with E-state index in [1.807, 2.05) is 6.92 Å². The van der Waals surface area contributed by atoms with E-state index in [0.29, 0.717) is 25.3 Å². The van der Waals surface area contributed by atoms with E-state index in [-0.39, 0.29) is 23.6 Å². The maximum absolute atomic E-state index is 12.8. The minimum absolute atomic E-state index is 0.0146. The van der Waals surface area contributed by atoms with Crippen LogP contribution in [0.15, 0.2) is 24.3 Å². The van der Waals surface area contributed by atoms with Gasteiger partial charge in [0.1, 0.15) is 5.82 Å². The summed E-state index contributed by atoms with van der Waals surface area (Å²) < 4.78 is 17.8. The Hall–Kier alpha value is -3.01. The van der Waals surface area contributed by atoms with Crippen molar-refractivity contribution in [3.05, 3.63) is 30.1 Å². The standard InChI is InChI=1S/C17H23FN2O3.C2H2O4/c1-2-23-17(22)13-7-10-20(11-8-13)12-9-16(21)19-15-5-3-14(18)4-6-15;3-1(4)2(5)6/h3-6,13H,2,7-12H2,1H3,(H,19,21);(H,3,4)(H,5,6). The molecule has 1 saturated heterocycles. The van der Waals surface area contributed by atoms with E-state index >= 15 is 0 Å². The maximum Gasteiger partial charge on any atom is 0.414 e. The fraction of sp³-hybridized carbons (Fsp3) is 0.474. The SMILES string of the molecule is CCOC(=O)C1CCN(CCC(=O)Nc2ccc(F)cc2)CC1.O=C(O)C(=O)O. The van der Waals surface area contributed by atoms with E-state index in [1.165, 1.54) is 24.3 Å². The van der Waals surface area contributed by atoms with Gasteiger partial charge in [-0.15, -0.1) is 0 Å². The average molecular weight is 412 g/mol. The van der Waals surface area contributed by atoms with Crippen molar-refractivity contribution < 1.29 is 38.5 Å². The highest BCUT2D eigenvalue weighted by molar-refractivity contribution is 6.27. The first-order valence-electron chi connectivity index (χ1n) is 9.13. The van der Waals surface area contributed by atoms with Gasteiger partial charge in [-0.3, -0.25) is 9.59 Å². The second-order valence-electron chi connectivity index (χ2n) is 6.28. The van der Waals surface area contributed by atoms with Crippen LogP contribution in [0.25, 0.3) is 0 Å². The van der Waals surface area contributed by atoms with E-state index in [4.69, 9.17) is 24.5 Å². The quantitative estimate of drug-likeness (QED) is 0.474. The highest BCUT2D eigenvalue weighted by Gasteiger charge is 2.25. The molecule has 0 spiro atoms. The minimum Gasteiger partial charge on any atom is -0.473 e. The fourth-order valence-corrected chi connectivity index (χ4v) is 2.67. The molecule has 1 heterocycles. The Morgan fingerprint density at radius 3 is 2.14 bits per heavy atom. The summed E-state index contributed by atoms with van der Waals surface area (Å²) in [6, 6.07) is 5.71. The second-order valence-corrected chi connectivity index (χ2v) is 6.28. The number of carbonyl (C=O) groups excluding carboxylic acids is 2. The highest BCUT2D eigenvalue weighted by atomic mass is 19.1. The molecule has 0 bridgehead atoms. The van der Waals surface area contributed by atoms with Crippen LogP contribution in [0.2, 0.25) is 0 Å². The Morgan fingerprint density at radius 2 is 1.66 bits per heavy atom. The van der Waals surface area contributed by atoms with E-state index < -0.39 is 11.9 Å². The zero-order valence-corrected chi connectivity index (χ0v) is 16.1. The summed E-state index contributed by atoms with van der Waals surface area (Å²) in [6.45, 7) is 4.48. The van der Waals surface area contributed by atoms with Gasteiger partial charge in [0, 0.05) is 18.7 Å². The largest absolute Gasteiger partial charge is 0.473 e. The molecule has 160 valence electrons. The summed E-state index contributed by atoms with van der Waals surface area (Å²) in [7, 11) is 0. The van der Waals surface area contributed by atoms with Crippen molar-refractivity contribution in [1.29, 1.82) is 0 Å². The van der Waals surface area contributed by atoms with Crippen molar-refractivity contribution in [3.8, 4) is 0 Å². The number of likely N-dealkylation sites (tertiary alicyclic amines) is 1. The number of piperidine rings is 1. The summed E-state index contributed by atoms with van der Waals surface area (Å²) in [5, 5.41) is 17.5. The van der Waals surface area contributed by atoms with Gasteiger partial charge in [-0.05, 0) is 57.1 Å². The number of halogens is 1. The third-order valence-corrected chi connectivity index (χ3v) is 4.17. The monoisotopic (exact) mass is 412 g/mol. The molecule has 1 amide bonds.